The van der Waals surface area contributed by atoms with Crippen LogP contribution in [0.5, 0.6) is 0 Å². The molecule has 0 aromatic carbocycles. The third-order valence-electron chi connectivity index (χ3n) is 5.49. The lowest BCUT2D eigenvalue weighted by Crippen LogP contribution is -2.45. The van der Waals surface area contributed by atoms with Gasteiger partial charge in [0.15, 0.2) is 0 Å². The first-order valence-electron chi connectivity index (χ1n) is 9.80. The highest BCUT2D eigenvalue weighted by atomic mass is 16.5. The summed E-state index contributed by atoms with van der Waals surface area (Å²) in [7, 11) is 0. The standard InChI is InChI=1S/C17H29N7O2/c25-17(14-4-5-18-19-14)23-8-3-9-24-16(12-23)15(20-21-24)13-26-11-10-22-6-1-2-7-22/h14,18-19H,1-13H2. The summed E-state index contributed by atoms with van der Waals surface area (Å²) >= 11 is 0. The lowest BCUT2D eigenvalue weighted by Gasteiger charge is -2.23. The molecule has 3 aliphatic rings. The minimum Gasteiger partial charge on any atom is -0.374 e. The largest absolute Gasteiger partial charge is 0.374 e. The average Bonchev–Trinajstić information content (AvgIpc) is 3.39. The van der Waals surface area contributed by atoms with Crippen LogP contribution in [0.3, 0.4) is 0 Å². The van der Waals surface area contributed by atoms with Gasteiger partial charge in [-0.1, -0.05) is 5.21 Å². The van der Waals surface area contributed by atoms with E-state index in [1.54, 1.807) is 0 Å². The van der Waals surface area contributed by atoms with Crippen LogP contribution in [0.25, 0.3) is 0 Å². The van der Waals surface area contributed by atoms with Crippen LogP contribution < -0.4 is 10.9 Å². The molecule has 4 heterocycles. The fourth-order valence-corrected chi connectivity index (χ4v) is 3.95. The molecule has 2 N–H and O–H groups in total. The Morgan fingerprint density at radius 3 is 2.88 bits per heavy atom. The first-order chi connectivity index (χ1) is 12.8. The Hall–Kier alpha value is -1.55. The van der Waals surface area contributed by atoms with Crippen molar-refractivity contribution in [1.29, 1.82) is 0 Å². The fourth-order valence-electron chi connectivity index (χ4n) is 3.95. The number of hydrogen-bond donors (Lipinski definition) is 2. The Balaban J connectivity index is 1.33. The van der Waals surface area contributed by atoms with Gasteiger partial charge in [-0.3, -0.25) is 10.2 Å². The Morgan fingerprint density at radius 2 is 2.08 bits per heavy atom. The van der Waals surface area contributed by atoms with Crippen LogP contribution in [0, 0.1) is 0 Å². The summed E-state index contributed by atoms with van der Waals surface area (Å²) in [5.74, 6) is 0.158. The highest BCUT2D eigenvalue weighted by Crippen LogP contribution is 2.17. The summed E-state index contributed by atoms with van der Waals surface area (Å²) in [6.45, 7) is 7.49. The summed E-state index contributed by atoms with van der Waals surface area (Å²) in [5, 5.41) is 8.58. The number of ether oxygens (including phenoxy) is 1. The van der Waals surface area contributed by atoms with E-state index in [9.17, 15) is 4.79 Å². The molecular formula is C17H29N7O2. The number of hydrazine groups is 1. The van der Waals surface area contributed by atoms with Gasteiger partial charge < -0.3 is 14.5 Å². The van der Waals surface area contributed by atoms with E-state index < -0.39 is 0 Å². The van der Waals surface area contributed by atoms with E-state index in [-0.39, 0.29) is 11.9 Å². The van der Waals surface area contributed by atoms with Crippen LogP contribution in [-0.2, 0) is 29.2 Å². The lowest BCUT2D eigenvalue weighted by atomic mass is 10.2. The molecule has 4 rings (SSSR count). The molecule has 26 heavy (non-hydrogen) atoms. The molecule has 0 spiro atoms. The van der Waals surface area contributed by atoms with Crippen molar-refractivity contribution in [2.75, 3.05) is 39.3 Å². The molecule has 1 amide bonds. The van der Waals surface area contributed by atoms with Crippen molar-refractivity contribution in [2.45, 2.75) is 51.4 Å². The molecule has 1 aromatic heterocycles. The molecule has 2 saturated heterocycles. The van der Waals surface area contributed by atoms with Gasteiger partial charge in [0.05, 0.1) is 25.5 Å². The van der Waals surface area contributed by atoms with Crippen molar-refractivity contribution in [3.63, 3.8) is 0 Å². The molecule has 3 aliphatic heterocycles. The number of rotatable bonds is 6. The van der Waals surface area contributed by atoms with Gasteiger partial charge in [0.1, 0.15) is 11.7 Å². The number of amides is 1. The molecule has 9 nitrogen and oxygen atoms in total. The SMILES string of the molecule is O=C(C1CCNN1)N1CCCn2nnc(COCCN3CCCC3)c2C1. The maximum Gasteiger partial charge on any atom is 0.241 e. The number of nitrogens with one attached hydrogen (secondary N) is 2. The van der Waals surface area contributed by atoms with Crippen molar-refractivity contribution in [3.8, 4) is 0 Å². The van der Waals surface area contributed by atoms with Gasteiger partial charge in [0.2, 0.25) is 5.91 Å². The topological polar surface area (TPSA) is 87.6 Å². The average molecular weight is 363 g/mol. The summed E-state index contributed by atoms with van der Waals surface area (Å²) in [6, 6.07) is -0.127. The van der Waals surface area contributed by atoms with Crippen molar-refractivity contribution < 1.29 is 9.53 Å². The number of fused-ring (bicyclic) bond motifs is 1. The van der Waals surface area contributed by atoms with Crippen LogP contribution in [0.1, 0.15) is 37.1 Å². The smallest absolute Gasteiger partial charge is 0.241 e. The molecular weight excluding hydrogens is 334 g/mol. The molecule has 0 radical (unpaired) electrons. The second-order valence-corrected chi connectivity index (χ2v) is 7.33. The highest BCUT2D eigenvalue weighted by Gasteiger charge is 2.30. The molecule has 0 bridgehead atoms. The maximum absolute atomic E-state index is 12.7. The molecule has 0 aliphatic carbocycles. The van der Waals surface area contributed by atoms with E-state index in [0.29, 0.717) is 19.8 Å². The molecule has 1 aromatic rings. The van der Waals surface area contributed by atoms with Crippen molar-refractivity contribution in [3.05, 3.63) is 11.4 Å². The molecule has 2 fully saturated rings. The number of nitrogens with zero attached hydrogens (tertiary/aromatic N) is 5. The quantitative estimate of drug-likeness (QED) is 0.658. The molecule has 1 unspecified atom stereocenters. The van der Waals surface area contributed by atoms with E-state index in [2.05, 4.69) is 26.1 Å². The van der Waals surface area contributed by atoms with Crippen molar-refractivity contribution >= 4 is 5.91 Å². The van der Waals surface area contributed by atoms with Crippen LogP contribution >= 0.6 is 0 Å². The normalized spacial score (nSPS) is 24.0. The minimum absolute atomic E-state index is 0.127. The monoisotopic (exact) mass is 363 g/mol. The van der Waals surface area contributed by atoms with Crippen molar-refractivity contribution in [2.24, 2.45) is 0 Å². The third kappa shape index (κ3) is 4.06. The van der Waals surface area contributed by atoms with Gasteiger partial charge in [-0.05, 0) is 38.8 Å². The summed E-state index contributed by atoms with van der Waals surface area (Å²) in [4.78, 5) is 17.1. The van der Waals surface area contributed by atoms with Crippen LogP contribution in [0.4, 0.5) is 0 Å². The highest BCUT2D eigenvalue weighted by molar-refractivity contribution is 5.82. The molecule has 9 heteroatoms. The van der Waals surface area contributed by atoms with Gasteiger partial charge in [-0.2, -0.15) is 0 Å². The molecule has 144 valence electrons. The minimum atomic E-state index is -0.127. The zero-order valence-corrected chi connectivity index (χ0v) is 15.3. The van der Waals surface area contributed by atoms with Crippen LogP contribution in [-0.4, -0.2) is 76.1 Å². The summed E-state index contributed by atoms with van der Waals surface area (Å²) < 4.78 is 7.80. The third-order valence-corrected chi connectivity index (χ3v) is 5.49. The first-order valence-corrected chi connectivity index (χ1v) is 9.80. The van der Waals surface area contributed by atoms with Crippen LogP contribution in [0.2, 0.25) is 0 Å². The van der Waals surface area contributed by atoms with Gasteiger partial charge >= 0.3 is 0 Å². The van der Waals surface area contributed by atoms with E-state index in [1.807, 2.05) is 9.58 Å². The Morgan fingerprint density at radius 1 is 1.19 bits per heavy atom. The fraction of sp³-hybridized carbons (Fsp3) is 0.824. The number of carbonyl (C=O) groups excluding carboxylic acids is 1. The zero-order chi connectivity index (χ0) is 17.8. The summed E-state index contributed by atoms with van der Waals surface area (Å²) in [6.07, 6.45) is 4.33. The number of likely N-dealkylation sites (tertiary alicyclic amines) is 1. The zero-order valence-electron chi connectivity index (χ0n) is 15.3. The maximum atomic E-state index is 12.7. The Kier molecular flexibility index (Phi) is 5.78. The van der Waals surface area contributed by atoms with E-state index in [4.69, 9.17) is 4.74 Å². The number of hydrogen-bond acceptors (Lipinski definition) is 7. The summed E-state index contributed by atoms with van der Waals surface area (Å²) in [5.41, 5.74) is 7.99. The number of carbonyl (C=O) groups is 1. The Bertz CT molecular complexity index is 608. The second kappa shape index (κ2) is 8.43. The van der Waals surface area contributed by atoms with E-state index in [1.165, 1.54) is 25.9 Å². The number of aromatic nitrogens is 3. The predicted octanol–water partition coefficient (Wildman–Crippen LogP) is -0.511. The van der Waals surface area contributed by atoms with Crippen molar-refractivity contribution in [1.82, 2.24) is 35.6 Å². The van der Waals surface area contributed by atoms with E-state index >= 15 is 0 Å². The van der Waals surface area contributed by atoms with E-state index in [0.717, 1.165) is 50.4 Å². The predicted molar refractivity (Wildman–Crippen MR) is 94.9 cm³/mol. The van der Waals surface area contributed by atoms with Crippen LogP contribution in [0.15, 0.2) is 0 Å². The van der Waals surface area contributed by atoms with Gasteiger partial charge in [0.25, 0.3) is 0 Å². The molecule has 0 saturated carbocycles. The van der Waals surface area contributed by atoms with Gasteiger partial charge in [0, 0.05) is 26.2 Å². The second-order valence-electron chi connectivity index (χ2n) is 7.33. The number of aryl methyl sites for hydroxylation is 1. The molecule has 1 atom stereocenters. The van der Waals surface area contributed by atoms with Gasteiger partial charge in [-0.15, -0.1) is 5.10 Å². The first kappa shape index (κ1) is 17.8. The van der Waals surface area contributed by atoms with Gasteiger partial charge in [-0.25, -0.2) is 10.1 Å². The lowest BCUT2D eigenvalue weighted by molar-refractivity contribution is -0.133. The Labute approximate surface area is 154 Å².